The number of rotatable bonds is 5. The second-order valence-corrected chi connectivity index (χ2v) is 2.30. The second kappa shape index (κ2) is 7.22. The normalized spacial score (nSPS) is 11.9. The van der Waals surface area contributed by atoms with Crippen LogP contribution in [0.3, 0.4) is 0 Å². The fourth-order valence-corrected chi connectivity index (χ4v) is 0.462. The minimum Gasteiger partial charge on any atom is -0.375 e. The topological polar surface area (TPSA) is 21.6 Å². The predicted molar refractivity (Wildman–Crippen MR) is 48.9 cm³/mol. The van der Waals surface area contributed by atoms with Gasteiger partial charge >= 0.3 is 0 Å². The molecule has 0 N–H and O–H groups in total. The van der Waals surface area contributed by atoms with Gasteiger partial charge in [0.2, 0.25) is 0 Å². The zero-order chi connectivity index (χ0) is 8.53. The Labute approximate surface area is 68.3 Å². The Bertz CT molecular complexity index is 148. The Morgan fingerprint density at radius 1 is 1.55 bits per heavy atom. The minimum atomic E-state index is 0.281. The molecule has 0 unspecified atom stereocenters. The molecule has 0 fully saturated rings. The maximum atomic E-state index is 5.24. The first-order chi connectivity index (χ1) is 5.27. The Balaban J connectivity index is 3.30. The minimum absolute atomic E-state index is 0.281. The molecule has 0 aliphatic heterocycles. The second-order valence-electron chi connectivity index (χ2n) is 2.30. The Morgan fingerprint density at radius 3 is 2.82 bits per heavy atom. The Morgan fingerprint density at radius 2 is 2.27 bits per heavy atom. The van der Waals surface area contributed by atoms with Gasteiger partial charge in [0.05, 0.1) is 12.7 Å². The summed E-state index contributed by atoms with van der Waals surface area (Å²) in [6.07, 6.45) is 7.10. The van der Waals surface area contributed by atoms with Gasteiger partial charge in [-0.15, -0.1) is 0 Å². The van der Waals surface area contributed by atoms with Crippen LogP contribution >= 0.6 is 0 Å². The first-order valence-corrected chi connectivity index (χ1v) is 3.68. The van der Waals surface area contributed by atoms with E-state index in [2.05, 4.69) is 11.6 Å². The van der Waals surface area contributed by atoms with Gasteiger partial charge in [-0.25, -0.2) is 0 Å². The van der Waals surface area contributed by atoms with Crippen molar-refractivity contribution in [1.82, 2.24) is 0 Å². The molecule has 0 atom stereocenters. The molecule has 0 aromatic heterocycles. The summed E-state index contributed by atoms with van der Waals surface area (Å²) in [4.78, 5) is 3.88. The molecular formula is C9H15NO. The molecule has 0 spiro atoms. The van der Waals surface area contributed by atoms with Crippen molar-refractivity contribution in [1.29, 1.82) is 0 Å². The van der Waals surface area contributed by atoms with Crippen LogP contribution in [0.4, 0.5) is 0 Å². The van der Waals surface area contributed by atoms with Crippen molar-refractivity contribution in [3.05, 3.63) is 24.9 Å². The maximum absolute atomic E-state index is 5.24. The van der Waals surface area contributed by atoms with E-state index >= 15 is 0 Å². The molecule has 2 heteroatoms. The maximum Gasteiger partial charge on any atom is 0.0668 e. The molecule has 11 heavy (non-hydrogen) atoms. The van der Waals surface area contributed by atoms with E-state index in [1.165, 1.54) is 0 Å². The summed E-state index contributed by atoms with van der Waals surface area (Å²) < 4.78 is 5.24. The van der Waals surface area contributed by atoms with Gasteiger partial charge < -0.3 is 4.74 Å². The summed E-state index contributed by atoms with van der Waals surface area (Å²) in [7, 11) is 0. The summed E-state index contributed by atoms with van der Waals surface area (Å²) in [5.74, 6) is 0. The van der Waals surface area contributed by atoms with Crippen LogP contribution in [-0.2, 0) is 4.74 Å². The van der Waals surface area contributed by atoms with Crippen LogP contribution in [0, 0.1) is 0 Å². The van der Waals surface area contributed by atoms with Crippen molar-refractivity contribution in [2.24, 2.45) is 4.99 Å². The van der Waals surface area contributed by atoms with E-state index in [1.54, 1.807) is 18.5 Å². The lowest BCUT2D eigenvalue weighted by atomic mass is 10.5. The fraction of sp³-hybridized carbons (Fsp3) is 0.444. The molecule has 0 heterocycles. The fourth-order valence-electron chi connectivity index (χ4n) is 0.462. The van der Waals surface area contributed by atoms with Gasteiger partial charge in [0, 0.05) is 12.4 Å². The number of hydrogen-bond donors (Lipinski definition) is 0. The van der Waals surface area contributed by atoms with Crippen LogP contribution in [-0.4, -0.2) is 18.9 Å². The quantitative estimate of drug-likeness (QED) is 0.555. The van der Waals surface area contributed by atoms with Crippen molar-refractivity contribution >= 4 is 6.21 Å². The molecule has 62 valence electrons. The summed E-state index contributed by atoms with van der Waals surface area (Å²) in [6.45, 7) is 8.11. The smallest absolute Gasteiger partial charge is 0.0668 e. The highest BCUT2D eigenvalue weighted by Crippen LogP contribution is 1.87. The van der Waals surface area contributed by atoms with Crippen LogP contribution in [0.15, 0.2) is 29.9 Å². The van der Waals surface area contributed by atoms with E-state index in [0.29, 0.717) is 6.61 Å². The first kappa shape index (κ1) is 10.1. The van der Waals surface area contributed by atoms with E-state index in [-0.39, 0.29) is 6.10 Å². The SMILES string of the molecule is C=C/C=N\C=C/COC(C)C. The summed E-state index contributed by atoms with van der Waals surface area (Å²) in [5, 5.41) is 0. The van der Waals surface area contributed by atoms with E-state index in [1.807, 2.05) is 19.9 Å². The lowest BCUT2D eigenvalue weighted by molar-refractivity contribution is 0.102. The van der Waals surface area contributed by atoms with Crippen molar-refractivity contribution in [2.75, 3.05) is 6.61 Å². The lowest BCUT2D eigenvalue weighted by Crippen LogP contribution is -2.01. The third-order valence-electron chi connectivity index (χ3n) is 0.909. The summed E-state index contributed by atoms with van der Waals surface area (Å²) in [6, 6.07) is 0. The van der Waals surface area contributed by atoms with Crippen LogP contribution in [0.25, 0.3) is 0 Å². The highest BCUT2D eigenvalue weighted by atomic mass is 16.5. The summed E-state index contributed by atoms with van der Waals surface area (Å²) >= 11 is 0. The van der Waals surface area contributed by atoms with Crippen molar-refractivity contribution < 1.29 is 4.74 Å². The van der Waals surface area contributed by atoms with Crippen molar-refractivity contribution in [3.63, 3.8) is 0 Å². The highest BCUT2D eigenvalue weighted by molar-refractivity contribution is 5.70. The average molecular weight is 153 g/mol. The van der Waals surface area contributed by atoms with Crippen LogP contribution in [0.1, 0.15) is 13.8 Å². The van der Waals surface area contributed by atoms with E-state index in [9.17, 15) is 0 Å². The molecule has 0 radical (unpaired) electrons. The Hall–Kier alpha value is -0.890. The number of aliphatic imine (C=N–C) groups is 1. The van der Waals surface area contributed by atoms with E-state index < -0.39 is 0 Å². The van der Waals surface area contributed by atoms with Gasteiger partial charge in [-0.05, 0) is 19.9 Å². The monoisotopic (exact) mass is 153 g/mol. The molecule has 2 nitrogen and oxygen atoms in total. The molecule has 0 saturated heterocycles. The van der Waals surface area contributed by atoms with Crippen LogP contribution in [0.2, 0.25) is 0 Å². The lowest BCUT2D eigenvalue weighted by Gasteiger charge is -2.01. The molecule has 0 aromatic carbocycles. The largest absolute Gasteiger partial charge is 0.375 e. The van der Waals surface area contributed by atoms with Gasteiger partial charge in [-0.1, -0.05) is 12.7 Å². The van der Waals surface area contributed by atoms with Crippen molar-refractivity contribution in [2.45, 2.75) is 20.0 Å². The zero-order valence-electron chi connectivity index (χ0n) is 7.16. The van der Waals surface area contributed by atoms with Crippen LogP contribution < -0.4 is 0 Å². The van der Waals surface area contributed by atoms with Gasteiger partial charge in [-0.2, -0.15) is 0 Å². The van der Waals surface area contributed by atoms with Crippen molar-refractivity contribution in [3.8, 4) is 0 Å². The molecule has 0 bridgehead atoms. The zero-order valence-corrected chi connectivity index (χ0v) is 7.16. The molecule has 0 aliphatic carbocycles. The van der Waals surface area contributed by atoms with Gasteiger partial charge in [-0.3, -0.25) is 4.99 Å². The molecule has 0 amide bonds. The van der Waals surface area contributed by atoms with E-state index in [0.717, 1.165) is 0 Å². The molecule has 0 saturated carbocycles. The average Bonchev–Trinajstić information content (AvgIpc) is 1.96. The number of ether oxygens (including phenoxy) is 1. The van der Waals surface area contributed by atoms with Gasteiger partial charge in [0.1, 0.15) is 0 Å². The third-order valence-corrected chi connectivity index (χ3v) is 0.909. The van der Waals surface area contributed by atoms with Gasteiger partial charge in [0.25, 0.3) is 0 Å². The number of nitrogens with zero attached hydrogens (tertiary/aromatic N) is 1. The summed E-state index contributed by atoms with van der Waals surface area (Å²) in [5.41, 5.74) is 0. The first-order valence-electron chi connectivity index (χ1n) is 3.68. The highest BCUT2D eigenvalue weighted by Gasteiger charge is 1.86. The van der Waals surface area contributed by atoms with Gasteiger partial charge in [0.15, 0.2) is 0 Å². The number of hydrogen-bond acceptors (Lipinski definition) is 2. The molecular weight excluding hydrogens is 138 g/mol. The Kier molecular flexibility index (Phi) is 6.64. The standard InChI is InChI=1S/C9H15NO/c1-4-6-10-7-5-8-11-9(2)3/h4-7,9H,1,8H2,2-3H3/b7-5-,10-6-. The molecule has 0 aliphatic rings. The van der Waals surface area contributed by atoms with Crippen LogP contribution in [0.5, 0.6) is 0 Å². The predicted octanol–water partition coefficient (Wildman–Crippen LogP) is 2.18. The number of allylic oxidation sites excluding steroid dienone is 1. The molecule has 0 aromatic rings. The third kappa shape index (κ3) is 9.11. The molecule has 0 rings (SSSR count). The van der Waals surface area contributed by atoms with E-state index in [4.69, 9.17) is 4.74 Å².